The first kappa shape index (κ1) is 28.7. The number of guanidine groups is 1. The maximum atomic E-state index is 12.2. The standard InChI is InChI=1S/C25H37N5O2.HI/c1-7-26-25(27-16-15-19-9-8-10-21(17-19)24(31)30(4)5)28-18-23(29(2)3)20-11-13-22(32-6)14-12-20;/h8-14,17,23H,7,15-16,18H2,1-6H3,(H2,26,27,28);1H. The summed E-state index contributed by atoms with van der Waals surface area (Å²) in [6, 6.07) is 16.1. The molecule has 2 N–H and O–H groups in total. The van der Waals surface area contributed by atoms with Crippen molar-refractivity contribution >= 4 is 35.8 Å². The van der Waals surface area contributed by atoms with Crippen molar-refractivity contribution in [2.24, 2.45) is 4.99 Å². The highest BCUT2D eigenvalue weighted by Crippen LogP contribution is 2.21. The molecule has 0 aliphatic heterocycles. The van der Waals surface area contributed by atoms with Gasteiger partial charge in [0.1, 0.15) is 5.75 Å². The molecule has 0 saturated carbocycles. The summed E-state index contributed by atoms with van der Waals surface area (Å²) >= 11 is 0. The monoisotopic (exact) mass is 567 g/mol. The number of nitrogens with one attached hydrogen (secondary N) is 2. The van der Waals surface area contributed by atoms with Crippen molar-refractivity contribution < 1.29 is 9.53 Å². The van der Waals surface area contributed by atoms with Crippen molar-refractivity contribution in [2.75, 3.05) is 54.9 Å². The number of ether oxygens (including phenoxy) is 1. The fourth-order valence-electron chi connectivity index (χ4n) is 3.36. The summed E-state index contributed by atoms with van der Waals surface area (Å²) in [6.07, 6.45) is 0.800. The normalized spacial score (nSPS) is 12.0. The van der Waals surface area contributed by atoms with E-state index in [0.29, 0.717) is 12.1 Å². The SMILES string of the molecule is CCNC(=NCC(c1ccc(OC)cc1)N(C)C)NCCc1cccc(C(=O)N(C)C)c1.I. The summed E-state index contributed by atoms with van der Waals surface area (Å²) in [7, 11) is 9.33. The zero-order valence-corrected chi connectivity index (χ0v) is 22.9. The van der Waals surface area contributed by atoms with Crippen LogP contribution in [0.4, 0.5) is 0 Å². The highest BCUT2D eigenvalue weighted by Gasteiger charge is 2.14. The molecule has 0 aliphatic carbocycles. The molecule has 0 spiro atoms. The van der Waals surface area contributed by atoms with E-state index in [1.54, 1.807) is 26.1 Å². The molecule has 2 aromatic carbocycles. The van der Waals surface area contributed by atoms with E-state index in [2.05, 4.69) is 48.7 Å². The molecule has 0 heterocycles. The first-order valence-electron chi connectivity index (χ1n) is 11.0. The molecular formula is C25H38IN5O2. The van der Waals surface area contributed by atoms with E-state index in [9.17, 15) is 4.79 Å². The van der Waals surface area contributed by atoms with Crippen LogP contribution in [-0.2, 0) is 6.42 Å². The zero-order chi connectivity index (χ0) is 23.5. The number of hydrogen-bond donors (Lipinski definition) is 2. The molecule has 1 atom stereocenters. The number of halogens is 1. The van der Waals surface area contributed by atoms with Gasteiger partial charge in [0.15, 0.2) is 5.96 Å². The third-order valence-corrected chi connectivity index (χ3v) is 5.18. The number of benzene rings is 2. The van der Waals surface area contributed by atoms with Gasteiger partial charge >= 0.3 is 0 Å². The lowest BCUT2D eigenvalue weighted by Gasteiger charge is -2.24. The van der Waals surface area contributed by atoms with Crippen LogP contribution in [0.5, 0.6) is 5.75 Å². The average molecular weight is 568 g/mol. The molecule has 7 nitrogen and oxygen atoms in total. The molecule has 33 heavy (non-hydrogen) atoms. The maximum absolute atomic E-state index is 12.2. The Labute approximate surface area is 215 Å². The number of carbonyl (C=O) groups excluding carboxylic acids is 1. The molecule has 2 aromatic rings. The van der Waals surface area contributed by atoms with Crippen LogP contribution in [0.1, 0.15) is 34.5 Å². The van der Waals surface area contributed by atoms with Crippen molar-refractivity contribution in [3.05, 3.63) is 65.2 Å². The predicted octanol–water partition coefficient (Wildman–Crippen LogP) is 3.42. The number of hydrogen-bond acceptors (Lipinski definition) is 4. The molecule has 0 aliphatic rings. The van der Waals surface area contributed by atoms with E-state index in [0.717, 1.165) is 36.8 Å². The van der Waals surface area contributed by atoms with Gasteiger partial charge in [-0.25, -0.2) is 0 Å². The largest absolute Gasteiger partial charge is 0.497 e. The topological polar surface area (TPSA) is 69.2 Å². The minimum Gasteiger partial charge on any atom is -0.497 e. The number of carbonyl (C=O) groups is 1. The van der Waals surface area contributed by atoms with E-state index in [1.165, 1.54) is 5.56 Å². The number of likely N-dealkylation sites (N-methyl/N-ethyl adjacent to an activating group) is 1. The Morgan fingerprint density at radius 2 is 1.76 bits per heavy atom. The Morgan fingerprint density at radius 3 is 2.33 bits per heavy atom. The van der Waals surface area contributed by atoms with Crippen LogP contribution in [0.15, 0.2) is 53.5 Å². The maximum Gasteiger partial charge on any atom is 0.253 e. The van der Waals surface area contributed by atoms with Crippen molar-refractivity contribution in [1.82, 2.24) is 20.4 Å². The van der Waals surface area contributed by atoms with Crippen LogP contribution in [0.25, 0.3) is 0 Å². The Bertz CT molecular complexity index is 885. The van der Waals surface area contributed by atoms with Gasteiger partial charge in [-0.2, -0.15) is 0 Å². The van der Waals surface area contributed by atoms with Gasteiger partial charge in [0.25, 0.3) is 5.91 Å². The van der Waals surface area contributed by atoms with Crippen LogP contribution in [0.2, 0.25) is 0 Å². The zero-order valence-electron chi connectivity index (χ0n) is 20.6. The molecule has 182 valence electrons. The molecule has 0 radical (unpaired) electrons. The number of nitrogens with zero attached hydrogens (tertiary/aromatic N) is 3. The summed E-state index contributed by atoms with van der Waals surface area (Å²) in [5.74, 6) is 1.65. The minimum atomic E-state index is 0. The third kappa shape index (κ3) is 9.21. The Balaban J connectivity index is 0.00000544. The Morgan fingerprint density at radius 1 is 1.06 bits per heavy atom. The van der Waals surface area contributed by atoms with Crippen LogP contribution >= 0.6 is 24.0 Å². The van der Waals surface area contributed by atoms with Crippen molar-refractivity contribution in [3.63, 3.8) is 0 Å². The van der Waals surface area contributed by atoms with Gasteiger partial charge in [-0.15, -0.1) is 24.0 Å². The summed E-state index contributed by atoms with van der Waals surface area (Å²) in [5, 5.41) is 6.73. The fourth-order valence-corrected chi connectivity index (χ4v) is 3.36. The molecule has 0 bridgehead atoms. The molecule has 8 heteroatoms. The summed E-state index contributed by atoms with van der Waals surface area (Å²) in [6.45, 7) is 4.19. The summed E-state index contributed by atoms with van der Waals surface area (Å²) in [4.78, 5) is 20.8. The molecule has 0 saturated heterocycles. The number of methoxy groups -OCH3 is 1. The van der Waals surface area contributed by atoms with Crippen LogP contribution < -0.4 is 15.4 Å². The lowest BCUT2D eigenvalue weighted by atomic mass is 10.1. The first-order chi connectivity index (χ1) is 15.3. The van der Waals surface area contributed by atoms with Crippen LogP contribution in [0, 0.1) is 0 Å². The van der Waals surface area contributed by atoms with Gasteiger partial charge in [0.2, 0.25) is 0 Å². The quantitative estimate of drug-likeness (QED) is 0.262. The fraction of sp³-hybridized carbons (Fsp3) is 0.440. The molecule has 1 amide bonds. The van der Waals surface area contributed by atoms with Gasteiger partial charge < -0.3 is 25.2 Å². The second kappa shape index (κ2) is 14.7. The lowest BCUT2D eigenvalue weighted by Crippen LogP contribution is -2.39. The molecule has 2 rings (SSSR count). The van der Waals surface area contributed by atoms with E-state index in [1.807, 2.05) is 36.4 Å². The van der Waals surface area contributed by atoms with Crippen LogP contribution in [0.3, 0.4) is 0 Å². The van der Waals surface area contributed by atoms with Crippen LogP contribution in [-0.4, -0.2) is 76.6 Å². The average Bonchev–Trinajstić information content (AvgIpc) is 2.79. The number of aliphatic imine (C=N–C) groups is 1. The van der Waals surface area contributed by atoms with Gasteiger partial charge in [-0.05, 0) is 62.8 Å². The number of amides is 1. The number of rotatable bonds is 10. The summed E-state index contributed by atoms with van der Waals surface area (Å²) < 4.78 is 5.27. The van der Waals surface area contributed by atoms with E-state index in [-0.39, 0.29) is 35.9 Å². The molecule has 0 aromatic heterocycles. The van der Waals surface area contributed by atoms with Crippen molar-refractivity contribution in [3.8, 4) is 5.75 Å². The minimum absolute atomic E-state index is 0. The second-order valence-electron chi connectivity index (χ2n) is 8.05. The second-order valence-corrected chi connectivity index (χ2v) is 8.05. The van der Waals surface area contributed by atoms with Crippen molar-refractivity contribution in [1.29, 1.82) is 0 Å². The highest BCUT2D eigenvalue weighted by atomic mass is 127. The predicted molar refractivity (Wildman–Crippen MR) is 147 cm³/mol. The van der Waals surface area contributed by atoms with Gasteiger partial charge in [-0.1, -0.05) is 24.3 Å². The highest BCUT2D eigenvalue weighted by molar-refractivity contribution is 14.0. The Hall–Kier alpha value is -2.33. The summed E-state index contributed by atoms with van der Waals surface area (Å²) in [5.41, 5.74) is 3.02. The van der Waals surface area contributed by atoms with Gasteiger partial charge in [-0.3, -0.25) is 9.79 Å². The van der Waals surface area contributed by atoms with Gasteiger partial charge in [0.05, 0.1) is 19.7 Å². The third-order valence-electron chi connectivity index (χ3n) is 5.18. The van der Waals surface area contributed by atoms with Crippen molar-refractivity contribution in [2.45, 2.75) is 19.4 Å². The van der Waals surface area contributed by atoms with E-state index >= 15 is 0 Å². The smallest absolute Gasteiger partial charge is 0.253 e. The molecular weight excluding hydrogens is 529 g/mol. The lowest BCUT2D eigenvalue weighted by molar-refractivity contribution is 0.0827. The Kier molecular flexibility index (Phi) is 12.8. The molecule has 0 fully saturated rings. The first-order valence-corrected chi connectivity index (χ1v) is 11.0. The molecule has 1 unspecified atom stereocenters. The van der Waals surface area contributed by atoms with E-state index < -0.39 is 0 Å². The van der Waals surface area contributed by atoms with Gasteiger partial charge in [0, 0.05) is 32.7 Å². The van der Waals surface area contributed by atoms with E-state index in [4.69, 9.17) is 9.73 Å².